The van der Waals surface area contributed by atoms with E-state index in [2.05, 4.69) is 19.9 Å². The fraction of sp³-hybridized carbons (Fsp3) is 0.318. The summed E-state index contributed by atoms with van der Waals surface area (Å²) in [6.07, 6.45) is 0.510. The first-order valence-electron chi connectivity index (χ1n) is 9.47. The van der Waals surface area contributed by atoms with Crippen LogP contribution in [0.5, 0.6) is 0 Å². The second-order valence-corrected chi connectivity index (χ2v) is 7.60. The van der Waals surface area contributed by atoms with Crippen molar-refractivity contribution < 1.29 is 4.79 Å². The van der Waals surface area contributed by atoms with Gasteiger partial charge in [-0.3, -0.25) is 14.3 Å². The minimum atomic E-state index is -1.04. The van der Waals surface area contributed by atoms with E-state index >= 15 is 0 Å². The van der Waals surface area contributed by atoms with Gasteiger partial charge in [0.1, 0.15) is 5.52 Å². The van der Waals surface area contributed by atoms with Crippen molar-refractivity contribution >= 4 is 39.0 Å². The van der Waals surface area contributed by atoms with E-state index in [0.717, 1.165) is 33.0 Å². The Hall–Kier alpha value is -2.99. The van der Waals surface area contributed by atoms with Crippen molar-refractivity contribution in [2.24, 2.45) is 5.73 Å². The van der Waals surface area contributed by atoms with E-state index in [4.69, 9.17) is 15.7 Å². The molecule has 1 amide bonds. The molecule has 144 valence electrons. The molecule has 0 spiro atoms. The number of likely N-dealkylation sites (N-methyl/N-ethyl adjacent to an activating group) is 1. The van der Waals surface area contributed by atoms with Crippen LogP contribution in [0.25, 0.3) is 33.1 Å². The number of para-hydroxylation sites is 1. The maximum atomic E-state index is 12.8. The SMILES string of the molecule is CCC(C(N)=O)(N(C)C)n1c2ccccc2c2nc3cc(C)c(C)cc3nc21. The van der Waals surface area contributed by atoms with Crippen molar-refractivity contribution in [1.82, 2.24) is 19.4 Å². The second-order valence-electron chi connectivity index (χ2n) is 7.60. The number of primary amides is 1. The highest BCUT2D eigenvalue weighted by Crippen LogP contribution is 2.36. The molecule has 6 heteroatoms. The number of hydrogen-bond donors (Lipinski definition) is 1. The van der Waals surface area contributed by atoms with Crippen molar-refractivity contribution in [3.05, 3.63) is 47.5 Å². The standard InChI is InChI=1S/C22H25N5O/c1-6-22(21(23)28,26(4)5)27-18-10-8-7-9-15(18)19-20(27)25-17-12-14(3)13(2)11-16(17)24-19/h7-12H,6H2,1-5H3,(H2,23,28). The minimum Gasteiger partial charge on any atom is -0.366 e. The first kappa shape index (κ1) is 18.4. The molecule has 0 saturated carbocycles. The number of carbonyl (C=O) groups excluding carboxylic acids is 1. The summed E-state index contributed by atoms with van der Waals surface area (Å²) in [4.78, 5) is 24.5. The number of hydrogen-bond acceptors (Lipinski definition) is 4. The Morgan fingerprint density at radius 3 is 2.29 bits per heavy atom. The van der Waals surface area contributed by atoms with Gasteiger partial charge in [-0.15, -0.1) is 0 Å². The van der Waals surface area contributed by atoms with Crippen LogP contribution in [-0.4, -0.2) is 39.4 Å². The molecule has 2 heterocycles. The molecular weight excluding hydrogens is 350 g/mol. The molecule has 1 unspecified atom stereocenters. The Balaban J connectivity index is 2.25. The van der Waals surface area contributed by atoms with Crippen molar-refractivity contribution in [3.8, 4) is 0 Å². The zero-order valence-corrected chi connectivity index (χ0v) is 16.9. The highest BCUT2D eigenvalue weighted by Gasteiger charge is 2.42. The van der Waals surface area contributed by atoms with Crippen LogP contribution in [-0.2, 0) is 10.5 Å². The number of aromatic nitrogens is 3. The van der Waals surface area contributed by atoms with Crippen molar-refractivity contribution in [1.29, 1.82) is 0 Å². The monoisotopic (exact) mass is 375 g/mol. The first-order valence-corrected chi connectivity index (χ1v) is 9.47. The number of nitrogens with zero attached hydrogens (tertiary/aromatic N) is 4. The van der Waals surface area contributed by atoms with E-state index in [9.17, 15) is 4.79 Å². The predicted molar refractivity (Wildman–Crippen MR) is 113 cm³/mol. The Kier molecular flexibility index (Phi) is 4.12. The van der Waals surface area contributed by atoms with Gasteiger partial charge in [0.15, 0.2) is 11.3 Å². The van der Waals surface area contributed by atoms with Crippen molar-refractivity contribution in [3.63, 3.8) is 0 Å². The third kappa shape index (κ3) is 2.34. The Morgan fingerprint density at radius 1 is 1.11 bits per heavy atom. The second kappa shape index (κ2) is 6.27. The summed E-state index contributed by atoms with van der Waals surface area (Å²) in [5.74, 6) is -0.412. The van der Waals surface area contributed by atoms with Crippen LogP contribution in [0.1, 0.15) is 24.5 Å². The average molecular weight is 375 g/mol. The molecule has 0 saturated heterocycles. The van der Waals surface area contributed by atoms with Crippen LogP contribution in [0.3, 0.4) is 0 Å². The summed E-state index contributed by atoms with van der Waals surface area (Å²) >= 11 is 0. The van der Waals surface area contributed by atoms with Gasteiger partial charge in [-0.1, -0.05) is 25.1 Å². The smallest absolute Gasteiger partial charge is 0.259 e. The van der Waals surface area contributed by atoms with Crippen molar-refractivity contribution in [2.45, 2.75) is 32.9 Å². The normalized spacial score (nSPS) is 14.2. The van der Waals surface area contributed by atoms with E-state index in [1.165, 1.54) is 5.56 Å². The Morgan fingerprint density at radius 2 is 1.71 bits per heavy atom. The lowest BCUT2D eigenvalue weighted by molar-refractivity contribution is -0.134. The Bertz CT molecular complexity index is 1240. The number of carbonyl (C=O) groups is 1. The molecule has 0 aliphatic rings. The molecule has 0 fully saturated rings. The highest BCUT2D eigenvalue weighted by molar-refractivity contribution is 6.07. The van der Waals surface area contributed by atoms with Crippen LogP contribution in [0.4, 0.5) is 0 Å². The molecule has 2 aromatic carbocycles. The van der Waals surface area contributed by atoms with Crippen molar-refractivity contribution in [2.75, 3.05) is 14.1 Å². The molecule has 4 rings (SSSR count). The van der Waals surface area contributed by atoms with Crippen LogP contribution in [0.15, 0.2) is 36.4 Å². The fourth-order valence-electron chi connectivity index (χ4n) is 4.18. The number of aryl methyl sites for hydroxylation is 2. The van der Waals surface area contributed by atoms with Crippen LogP contribution < -0.4 is 5.73 Å². The molecular formula is C22H25N5O. The lowest BCUT2D eigenvalue weighted by Crippen LogP contribution is -2.55. The summed E-state index contributed by atoms with van der Waals surface area (Å²) in [6.45, 7) is 6.11. The highest BCUT2D eigenvalue weighted by atomic mass is 16.2. The largest absolute Gasteiger partial charge is 0.366 e. The van der Waals surface area contributed by atoms with E-state index in [-0.39, 0.29) is 0 Å². The number of nitrogens with two attached hydrogens (primary N) is 1. The molecule has 0 aliphatic carbocycles. The zero-order valence-electron chi connectivity index (χ0n) is 16.9. The molecule has 4 aromatic rings. The molecule has 1 atom stereocenters. The van der Waals surface area contributed by atoms with E-state index in [1.54, 1.807) is 0 Å². The Labute approximate surface area is 164 Å². The summed E-state index contributed by atoms with van der Waals surface area (Å²) < 4.78 is 1.96. The number of fused-ring (bicyclic) bond motifs is 4. The van der Waals surface area contributed by atoms with Gasteiger partial charge < -0.3 is 5.73 Å². The first-order chi connectivity index (χ1) is 13.3. The quantitative estimate of drug-likeness (QED) is 0.592. The molecule has 0 bridgehead atoms. The minimum absolute atomic E-state index is 0.412. The number of rotatable bonds is 4. The number of amides is 1. The van der Waals surface area contributed by atoms with Gasteiger partial charge >= 0.3 is 0 Å². The molecule has 6 nitrogen and oxygen atoms in total. The molecule has 0 aliphatic heterocycles. The lowest BCUT2D eigenvalue weighted by Gasteiger charge is -2.38. The third-order valence-electron chi connectivity index (χ3n) is 5.87. The zero-order chi connectivity index (χ0) is 20.2. The molecule has 2 N–H and O–H groups in total. The predicted octanol–water partition coefficient (Wildman–Crippen LogP) is 3.46. The summed E-state index contributed by atoms with van der Waals surface area (Å²) in [5, 5.41) is 0.964. The topological polar surface area (TPSA) is 77.0 Å². The lowest BCUT2D eigenvalue weighted by atomic mass is 10.0. The van der Waals surface area contributed by atoms with Gasteiger partial charge in [-0.25, -0.2) is 9.97 Å². The van der Waals surface area contributed by atoms with Gasteiger partial charge in [0.2, 0.25) is 0 Å². The maximum absolute atomic E-state index is 12.8. The molecule has 2 aromatic heterocycles. The van der Waals surface area contributed by atoms with Gasteiger partial charge in [0, 0.05) is 5.39 Å². The van der Waals surface area contributed by atoms with E-state index in [0.29, 0.717) is 12.1 Å². The van der Waals surface area contributed by atoms with Crippen LogP contribution in [0, 0.1) is 13.8 Å². The molecule has 28 heavy (non-hydrogen) atoms. The van der Waals surface area contributed by atoms with E-state index < -0.39 is 11.6 Å². The summed E-state index contributed by atoms with van der Waals surface area (Å²) in [6, 6.07) is 12.1. The van der Waals surface area contributed by atoms with Gasteiger partial charge in [-0.2, -0.15) is 0 Å². The average Bonchev–Trinajstić information content (AvgIpc) is 2.96. The van der Waals surface area contributed by atoms with Gasteiger partial charge in [-0.05, 0) is 63.7 Å². The van der Waals surface area contributed by atoms with Gasteiger partial charge in [0.25, 0.3) is 5.91 Å². The third-order valence-corrected chi connectivity index (χ3v) is 5.87. The maximum Gasteiger partial charge on any atom is 0.259 e. The van der Waals surface area contributed by atoms with Gasteiger partial charge in [0.05, 0.1) is 16.6 Å². The number of benzene rings is 2. The summed E-state index contributed by atoms with van der Waals surface area (Å²) in [5.41, 5.74) is 11.3. The fourth-order valence-corrected chi connectivity index (χ4v) is 4.18. The summed E-state index contributed by atoms with van der Waals surface area (Å²) in [7, 11) is 3.74. The van der Waals surface area contributed by atoms with Crippen LogP contribution in [0.2, 0.25) is 0 Å². The molecule has 0 radical (unpaired) electrons. The van der Waals surface area contributed by atoms with Crippen LogP contribution >= 0.6 is 0 Å². The van der Waals surface area contributed by atoms with E-state index in [1.807, 2.05) is 60.8 Å².